The Morgan fingerprint density at radius 2 is 1.07 bits per heavy atom. The first-order chi connectivity index (χ1) is 14.5. The highest BCUT2D eigenvalue weighted by molar-refractivity contribution is 7.95. The maximum Gasteiger partial charge on any atom is 0.294 e. The fourth-order valence-corrected chi connectivity index (χ4v) is 8.70. The van der Waals surface area contributed by atoms with Crippen LogP contribution in [-0.4, -0.2) is 13.0 Å². The fourth-order valence-electron chi connectivity index (χ4n) is 3.82. The molecule has 3 nitrogen and oxygen atoms in total. The lowest BCUT2D eigenvalue weighted by atomic mass is 10.2. The Morgan fingerprint density at radius 1 is 0.600 bits per heavy atom. The molecule has 0 saturated carbocycles. The number of rotatable bonds is 6. The van der Waals surface area contributed by atoms with Gasteiger partial charge in [-0.15, -0.1) is 0 Å². The third kappa shape index (κ3) is 4.08. The van der Waals surface area contributed by atoms with Gasteiger partial charge in [0.15, 0.2) is 0 Å². The van der Waals surface area contributed by atoms with Gasteiger partial charge in [-0.05, 0) is 42.0 Å². The zero-order valence-electron chi connectivity index (χ0n) is 16.3. The Kier molecular flexibility index (Phi) is 5.83. The Balaban J connectivity index is 2.05. The van der Waals surface area contributed by atoms with Gasteiger partial charge in [0.25, 0.3) is 10.1 Å². The van der Waals surface area contributed by atoms with Crippen molar-refractivity contribution in [1.82, 2.24) is 0 Å². The summed E-state index contributed by atoms with van der Waals surface area (Å²) in [6, 6.07) is 37.5. The molecule has 0 unspecified atom stereocenters. The summed E-state index contributed by atoms with van der Waals surface area (Å²) in [5.74, 6) is 0. The van der Waals surface area contributed by atoms with E-state index < -0.39 is 17.4 Å². The van der Waals surface area contributed by atoms with Crippen molar-refractivity contribution < 1.29 is 13.0 Å². The topological polar surface area (TPSA) is 54.4 Å². The third-order valence-electron chi connectivity index (χ3n) is 5.21. The number of hydrogen-bond acceptors (Lipinski definition) is 2. The molecule has 1 N–H and O–H groups in total. The molecule has 0 radical (unpaired) electrons. The van der Waals surface area contributed by atoms with Crippen molar-refractivity contribution in [2.75, 3.05) is 0 Å². The normalized spacial score (nSPS) is 11.9. The van der Waals surface area contributed by atoms with Gasteiger partial charge >= 0.3 is 0 Å². The Labute approximate surface area is 178 Å². The lowest BCUT2D eigenvalue weighted by molar-refractivity contribution is 0.483. The minimum Gasteiger partial charge on any atom is -0.282 e. The van der Waals surface area contributed by atoms with Crippen LogP contribution in [0.15, 0.2) is 120 Å². The molecule has 150 valence electrons. The highest BCUT2D eigenvalue weighted by atomic mass is 32.2. The lowest BCUT2D eigenvalue weighted by Gasteiger charge is -2.28. The molecule has 0 aliphatic heterocycles. The second-order valence-corrected chi connectivity index (χ2v) is 12.0. The highest BCUT2D eigenvalue weighted by Crippen LogP contribution is 2.58. The summed E-state index contributed by atoms with van der Waals surface area (Å²) in [4.78, 5) is -0.0794. The van der Waals surface area contributed by atoms with E-state index in [0.29, 0.717) is 0 Å². The van der Waals surface area contributed by atoms with Crippen LogP contribution in [0, 0.1) is 0 Å². The smallest absolute Gasteiger partial charge is 0.282 e. The molecule has 0 saturated heterocycles. The molecule has 5 heteroatoms. The minimum atomic E-state index is -4.31. The SMILES string of the molecule is O=S(=O)(O)c1cccc([P+](Cc2ccccc2)(c2ccccc2)c2ccccc2)c1. The minimum absolute atomic E-state index is 0.0794. The standard InChI is InChI=1S/C25H21O3PS/c26-30(27,28)25-18-10-17-24(19-25)29(22-13-6-2-7-14-22,23-15-8-3-9-16-23)20-21-11-4-1-5-12-21/h1-19H,20H2/p+1. The average Bonchev–Trinajstić information content (AvgIpc) is 2.79. The van der Waals surface area contributed by atoms with Crippen LogP contribution in [0.2, 0.25) is 0 Å². The van der Waals surface area contributed by atoms with Gasteiger partial charge in [-0.2, -0.15) is 8.42 Å². The van der Waals surface area contributed by atoms with Crippen LogP contribution in [-0.2, 0) is 16.3 Å². The molecule has 4 rings (SSSR count). The molecule has 0 aliphatic carbocycles. The van der Waals surface area contributed by atoms with Gasteiger partial charge in [-0.25, -0.2) is 0 Å². The van der Waals surface area contributed by atoms with Gasteiger partial charge in [-0.1, -0.05) is 72.8 Å². The lowest BCUT2D eigenvalue weighted by Crippen LogP contribution is -2.32. The first kappa shape index (κ1) is 20.5. The maximum absolute atomic E-state index is 11.9. The van der Waals surface area contributed by atoms with E-state index in [1.54, 1.807) is 12.1 Å². The Morgan fingerprint density at radius 3 is 1.57 bits per heavy atom. The summed E-state index contributed by atoms with van der Waals surface area (Å²) < 4.78 is 33.5. The van der Waals surface area contributed by atoms with E-state index >= 15 is 0 Å². The van der Waals surface area contributed by atoms with Crippen molar-refractivity contribution >= 4 is 33.3 Å². The van der Waals surface area contributed by atoms with Crippen molar-refractivity contribution in [3.8, 4) is 0 Å². The molecular weight excluding hydrogens is 411 g/mol. The maximum atomic E-state index is 11.9. The van der Waals surface area contributed by atoms with Crippen LogP contribution in [0.3, 0.4) is 0 Å². The first-order valence-corrected chi connectivity index (χ1v) is 13.0. The van der Waals surface area contributed by atoms with E-state index in [1.807, 2.05) is 60.7 Å². The molecule has 0 heterocycles. The summed E-state index contributed by atoms with van der Waals surface area (Å²) >= 11 is 0. The molecule has 0 aromatic heterocycles. The monoisotopic (exact) mass is 433 g/mol. The van der Waals surface area contributed by atoms with Crippen LogP contribution < -0.4 is 15.9 Å². The molecule has 4 aromatic carbocycles. The predicted molar refractivity (Wildman–Crippen MR) is 125 cm³/mol. The molecule has 0 bridgehead atoms. The third-order valence-corrected chi connectivity index (χ3v) is 10.4. The molecule has 0 atom stereocenters. The van der Waals surface area contributed by atoms with E-state index in [0.717, 1.165) is 22.1 Å². The molecule has 0 amide bonds. The second kappa shape index (κ2) is 8.53. The van der Waals surface area contributed by atoms with Crippen LogP contribution in [0.1, 0.15) is 5.56 Å². The van der Waals surface area contributed by atoms with Crippen molar-refractivity contribution in [3.63, 3.8) is 0 Å². The molecular formula is C25H22O3PS+. The second-order valence-electron chi connectivity index (χ2n) is 7.10. The molecule has 0 spiro atoms. The highest BCUT2D eigenvalue weighted by Gasteiger charge is 2.45. The predicted octanol–water partition coefficient (Wildman–Crippen LogP) is 4.43. The Hall–Kier alpha value is -2.78. The summed E-state index contributed by atoms with van der Waals surface area (Å²) in [6.45, 7) is 0. The number of hydrogen-bond donors (Lipinski definition) is 1. The summed E-state index contributed by atoms with van der Waals surface area (Å²) in [7, 11) is -6.55. The van der Waals surface area contributed by atoms with E-state index in [-0.39, 0.29) is 4.90 Å². The molecule has 30 heavy (non-hydrogen) atoms. The van der Waals surface area contributed by atoms with Crippen LogP contribution >= 0.6 is 7.26 Å². The van der Waals surface area contributed by atoms with Crippen molar-refractivity contribution in [1.29, 1.82) is 0 Å². The van der Waals surface area contributed by atoms with Gasteiger partial charge in [0.05, 0.1) is 11.1 Å². The first-order valence-electron chi connectivity index (χ1n) is 9.61. The zero-order valence-corrected chi connectivity index (χ0v) is 18.0. The van der Waals surface area contributed by atoms with E-state index in [2.05, 4.69) is 36.4 Å². The fraction of sp³-hybridized carbons (Fsp3) is 0.0400. The van der Waals surface area contributed by atoms with Crippen LogP contribution in [0.4, 0.5) is 0 Å². The average molecular weight is 433 g/mol. The van der Waals surface area contributed by atoms with Crippen molar-refractivity contribution in [2.24, 2.45) is 0 Å². The Bertz CT molecular complexity index is 1190. The largest absolute Gasteiger partial charge is 0.294 e. The summed E-state index contributed by atoms with van der Waals surface area (Å²) in [6.07, 6.45) is 0.747. The van der Waals surface area contributed by atoms with Crippen molar-refractivity contribution in [2.45, 2.75) is 11.1 Å². The van der Waals surface area contributed by atoms with Crippen LogP contribution in [0.5, 0.6) is 0 Å². The van der Waals surface area contributed by atoms with E-state index in [9.17, 15) is 13.0 Å². The van der Waals surface area contributed by atoms with Crippen molar-refractivity contribution in [3.05, 3.63) is 121 Å². The van der Waals surface area contributed by atoms with Gasteiger partial charge < -0.3 is 0 Å². The van der Waals surface area contributed by atoms with Gasteiger partial charge in [0, 0.05) is 6.07 Å². The van der Waals surface area contributed by atoms with E-state index in [4.69, 9.17) is 0 Å². The molecule has 0 aliphatic rings. The van der Waals surface area contributed by atoms with E-state index in [1.165, 1.54) is 11.6 Å². The van der Waals surface area contributed by atoms with Crippen LogP contribution in [0.25, 0.3) is 0 Å². The zero-order chi connectivity index (χ0) is 21.0. The number of benzene rings is 4. The van der Waals surface area contributed by atoms with Gasteiger partial charge in [-0.3, -0.25) is 4.55 Å². The summed E-state index contributed by atoms with van der Waals surface area (Å²) in [5.41, 5.74) is 1.18. The quantitative estimate of drug-likeness (QED) is 0.362. The van der Waals surface area contributed by atoms with Gasteiger partial charge in [0.1, 0.15) is 23.2 Å². The summed E-state index contributed by atoms with van der Waals surface area (Å²) in [5, 5.41) is 3.24. The molecule has 0 fully saturated rings. The molecule has 4 aromatic rings. The van der Waals surface area contributed by atoms with Gasteiger partial charge in [0.2, 0.25) is 0 Å².